The van der Waals surface area contributed by atoms with Crippen molar-refractivity contribution in [1.82, 2.24) is 19.5 Å². The van der Waals surface area contributed by atoms with E-state index in [0.717, 1.165) is 22.7 Å². The number of thioether (sulfide) groups is 1. The van der Waals surface area contributed by atoms with Crippen LogP contribution in [-0.2, 0) is 6.54 Å². The predicted octanol–water partition coefficient (Wildman–Crippen LogP) is 2.35. The lowest BCUT2D eigenvalue weighted by Crippen LogP contribution is -1.95. The number of fused-ring (bicyclic) bond motifs is 1. The number of hydrogen-bond donors (Lipinski definition) is 0. The molecule has 2 aromatic heterocycles. The average Bonchev–Trinajstić information content (AvgIpc) is 2.61. The second-order valence-corrected chi connectivity index (χ2v) is 5.11. The third-order valence-electron chi connectivity index (χ3n) is 2.06. The van der Waals surface area contributed by atoms with Crippen LogP contribution in [0.2, 0.25) is 0 Å². The van der Waals surface area contributed by atoms with Crippen molar-refractivity contribution in [2.75, 3.05) is 0 Å². The molecule has 0 N–H and O–H groups in total. The number of hydrogen-bond acceptors (Lipinski definition) is 4. The molecule has 0 spiro atoms. The number of rotatable bonds is 3. The Morgan fingerprint density at radius 2 is 2.13 bits per heavy atom. The van der Waals surface area contributed by atoms with Crippen LogP contribution in [0.1, 0.15) is 20.8 Å². The molecule has 0 radical (unpaired) electrons. The Bertz CT molecular complexity index is 463. The molecule has 2 aromatic rings. The maximum absolute atomic E-state index is 4.36. The molecule has 0 amide bonds. The van der Waals surface area contributed by atoms with Gasteiger partial charge in [0.15, 0.2) is 5.65 Å². The van der Waals surface area contributed by atoms with Crippen LogP contribution in [0, 0.1) is 0 Å². The molecule has 0 fully saturated rings. The second-order valence-electron chi connectivity index (χ2n) is 3.55. The topological polar surface area (TPSA) is 43.6 Å². The van der Waals surface area contributed by atoms with Gasteiger partial charge in [0.2, 0.25) is 0 Å². The van der Waals surface area contributed by atoms with E-state index in [4.69, 9.17) is 0 Å². The Labute approximate surface area is 93.1 Å². The van der Waals surface area contributed by atoms with Crippen LogP contribution in [0.25, 0.3) is 11.2 Å². The summed E-state index contributed by atoms with van der Waals surface area (Å²) in [5, 5.41) is 1.48. The van der Waals surface area contributed by atoms with Gasteiger partial charge in [-0.15, -0.1) is 11.8 Å². The highest BCUT2D eigenvalue weighted by Gasteiger charge is 2.10. The zero-order valence-corrected chi connectivity index (χ0v) is 9.95. The van der Waals surface area contributed by atoms with E-state index in [-0.39, 0.29) is 0 Å². The van der Waals surface area contributed by atoms with Crippen LogP contribution < -0.4 is 0 Å². The maximum Gasteiger partial charge on any atom is 0.164 e. The average molecular weight is 222 g/mol. The lowest BCUT2D eigenvalue weighted by Gasteiger charge is -2.04. The van der Waals surface area contributed by atoms with E-state index >= 15 is 0 Å². The van der Waals surface area contributed by atoms with Crippen molar-refractivity contribution in [1.29, 1.82) is 0 Å². The molecule has 0 aliphatic heterocycles. The van der Waals surface area contributed by atoms with E-state index in [1.54, 1.807) is 18.1 Å². The molecule has 0 atom stereocenters. The van der Waals surface area contributed by atoms with Crippen molar-refractivity contribution < 1.29 is 0 Å². The summed E-state index contributed by atoms with van der Waals surface area (Å²) in [5.74, 6) is 0. The summed E-state index contributed by atoms with van der Waals surface area (Å²) in [5.41, 5.74) is 1.84. The van der Waals surface area contributed by atoms with Crippen LogP contribution in [0.15, 0.2) is 17.7 Å². The molecule has 80 valence electrons. The fourth-order valence-electron chi connectivity index (χ4n) is 1.40. The van der Waals surface area contributed by atoms with E-state index in [2.05, 4.69) is 35.7 Å². The molecule has 15 heavy (non-hydrogen) atoms. The van der Waals surface area contributed by atoms with Crippen LogP contribution in [0.3, 0.4) is 0 Å². The summed E-state index contributed by atoms with van der Waals surface area (Å²) in [7, 11) is 0. The quantitative estimate of drug-likeness (QED) is 0.590. The Balaban J connectivity index is 2.52. The summed E-state index contributed by atoms with van der Waals surface area (Å²) < 4.78 is 2.03. The molecule has 0 saturated carbocycles. The van der Waals surface area contributed by atoms with Crippen LogP contribution in [0.4, 0.5) is 0 Å². The largest absolute Gasteiger partial charge is 0.315 e. The van der Waals surface area contributed by atoms with Crippen LogP contribution in [0.5, 0.6) is 0 Å². The highest BCUT2D eigenvalue weighted by Crippen LogP contribution is 2.26. The van der Waals surface area contributed by atoms with Gasteiger partial charge in [-0.3, -0.25) is 0 Å². The Hall–Kier alpha value is -1.10. The van der Waals surface area contributed by atoms with Gasteiger partial charge in [-0.1, -0.05) is 13.8 Å². The first-order valence-electron chi connectivity index (χ1n) is 5.05. The molecule has 0 unspecified atom stereocenters. The molecular weight excluding hydrogens is 208 g/mol. The lowest BCUT2D eigenvalue weighted by molar-refractivity contribution is 0.776. The Morgan fingerprint density at radius 3 is 2.80 bits per heavy atom. The molecule has 0 bridgehead atoms. The molecule has 4 nitrogen and oxygen atoms in total. The van der Waals surface area contributed by atoms with E-state index < -0.39 is 0 Å². The summed E-state index contributed by atoms with van der Waals surface area (Å²) >= 11 is 1.72. The number of imidazole rings is 1. The smallest absolute Gasteiger partial charge is 0.164 e. The van der Waals surface area contributed by atoms with Crippen molar-refractivity contribution in [3.63, 3.8) is 0 Å². The second kappa shape index (κ2) is 4.18. The van der Waals surface area contributed by atoms with Crippen LogP contribution >= 0.6 is 11.8 Å². The minimum atomic E-state index is 0.509. The molecule has 0 aliphatic carbocycles. The first-order chi connectivity index (χ1) is 7.22. The van der Waals surface area contributed by atoms with E-state index in [1.165, 1.54) is 0 Å². The van der Waals surface area contributed by atoms with Crippen molar-refractivity contribution in [3.05, 3.63) is 12.7 Å². The van der Waals surface area contributed by atoms with E-state index in [1.807, 2.05) is 10.9 Å². The highest BCUT2D eigenvalue weighted by molar-refractivity contribution is 8.00. The van der Waals surface area contributed by atoms with Crippen molar-refractivity contribution in [2.24, 2.45) is 0 Å². The monoisotopic (exact) mass is 222 g/mol. The van der Waals surface area contributed by atoms with Gasteiger partial charge in [-0.05, 0) is 6.92 Å². The van der Waals surface area contributed by atoms with Gasteiger partial charge in [-0.25, -0.2) is 15.0 Å². The summed E-state index contributed by atoms with van der Waals surface area (Å²) in [4.78, 5) is 12.9. The van der Waals surface area contributed by atoms with Crippen molar-refractivity contribution in [3.8, 4) is 0 Å². The molecule has 5 heteroatoms. The zero-order chi connectivity index (χ0) is 10.8. The normalized spacial score (nSPS) is 11.5. The first-order valence-corrected chi connectivity index (χ1v) is 5.92. The summed E-state index contributed by atoms with van der Waals surface area (Å²) in [6.07, 6.45) is 3.44. The standard InChI is InChI=1S/C10H14N4S/c1-4-14-6-13-8-9(14)11-5-12-10(8)15-7(2)3/h5-7H,4H2,1-3H3. The number of nitrogens with zero attached hydrogens (tertiary/aromatic N) is 4. The van der Waals surface area contributed by atoms with Gasteiger partial charge in [-0.2, -0.15) is 0 Å². The number of aromatic nitrogens is 4. The van der Waals surface area contributed by atoms with Gasteiger partial charge in [0.1, 0.15) is 16.9 Å². The molecule has 0 aromatic carbocycles. The van der Waals surface area contributed by atoms with Gasteiger partial charge in [0.05, 0.1) is 6.33 Å². The molecular formula is C10H14N4S. The fraction of sp³-hybridized carbons (Fsp3) is 0.500. The lowest BCUT2D eigenvalue weighted by atomic mass is 10.5. The first kappa shape index (κ1) is 10.4. The predicted molar refractivity (Wildman–Crippen MR) is 62.0 cm³/mol. The summed E-state index contributed by atoms with van der Waals surface area (Å²) in [6.45, 7) is 7.27. The van der Waals surface area contributed by atoms with E-state index in [0.29, 0.717) is 5.25 Å². The highest BCUT2D eigenvalue weighted by atomic mass is 32.2. The van der Waals surface area contributed by atoms with Gasteiger partial charge < -0.3 is 4.57 Å². The summed E-state index contributed by atoms with van der Waals surface area (Å²) in [6, 6.07) is 0. The van der Waals surface area contributed by atoms with Crippen molar-refractivity contribution >= 4 is 22.9 Å². The third-order valence-corrected chi connectivity index (χ3v) is 3.05. The maximum atomic E-state index is 4.36. The molecule has 2 rings (SSSR count). The Kier molecular flexibility index (Phi) is 2.90. The van der Waals surface area contributed by atoms with E-state index in [9.17, 15) is 0 Å². The van der Waals surface area contributed by atoms with Crippen LogP contribution in [-0.4, -0.2) is 24.8 Å². The minimum absolute atomic E-state index is 0.509. The molecule has 2 heterocycles. The van der Waals surface area contributed by atoms with Gasteiger partial charge in [0.25, 0.3) is 0 Å². The van der Waals surface area contributed by atoms with Crippen molar-refractivity contribution in [2.45, 2.75) is 37.6 Å². The fourth-order valence-corrected chi connectivity index (χ4v) is 2.21. The number of aryl methyl sites for hydroxylation is 1. The molecule has 0 saturated heterocycles. The third kappa shape index (κ3) is 1.97. The minimum Gasteiger partial charge on any atom is -0.315 e. The van der Waals surface area contributed by atoms with Gasteiger partial charge in [0, 0.05) is 11.8 Å². The SMILES string of the molecule is CCn1cnc2c(SC(C)C)ncnc21. The zero-order valence-electron chi connectivity index (χ0n) is 9.14. The Morgan fingerprint density at radius 1 is 1.33 bits per heavy atom. The van der Waals surface area contributed by atoms with Gasteiger partial charge >= 0.3 is 0 Å². The molecule has 0 aliphatic rings.